The lowest BCUT2D eigenvalue weighted by atomic mass is 10.1. The molecule has 2 aliphatic carbocycles. The molecule has 8 nitrogen and oxygen atoms in total. The number of nitrogens with one attached hydrogen (secondary N) is 1. The molecular weight excluding hydrogens is 422 g/mol. The van der Waals surface area contributed by atoms with E-state index in [0.717, 1.165) is 5.56 Å². The van der Waals surface area contributed by atoms with Gasteiger partial charge in [-0.1, -0.05) is 0 Å². The van der Waals surface area contributed by atoms with Gasteiger partial charge in [-0.3, -0.25) is 14.5 Å². The Hall–Kier alpha value is -2.74. The van der Waals surface area contributed by atoms with Gasteiger partial charge in [-0.15, -0.1) is 0 Å². The molecular formula is C25H35N3O5. The summed E-state index contributed by atoms with van der Waals surface area (Å²) in [5.74, 6) is 3.09. The summed E-state index contributed by atoms with van der Waals surface area (Å²) in [5, 5.41) is 3.29. The maximum absolute atomic E-state index is 12.7. The van der Waals surface area contributed by atoms with Crippen LogP contribution in [0.25, 0.3) is 6.08 Å². The molecule has 2 saturated carbocycles. The van der Waals surface area contributed by atoms with Crippen molar-refractivity contribution in [1.82, 2.24) is 15.1 Å². The summed E-state index contributed by atoms with van der Waals surface area (Å²) in [5.41, 5.74) is 0.786. The number of carbonyl (C=O) groups excluding carboxylic acids is 2. The number of rotatable bonds is 10. The fourth-order valence-electron chi connectivity index (χ4n) is 4.56. The van der Waals surface area contributed by atoms with Crippen LogP contribution in [0.3, 0.4) is 0 Å². The van der Waals surface area contributed by atoms with E-state index in [1.54, 1.807) is 45.6 Å². The van der Waals surface area contributed by atoms with E-state index in [4.69, 9.17) is 14.2 Å². The number of hydrogen-bond acceptors (Lipinski definition) is 6. The van der Waals surface area contributed by atoms with Gasteiger partial charge in [-0.05, 0) is 61.3 Å². The van der Waals surface area contributed by atoms with E-state index in [-0.39, 0.29) is 11.8 Å². The van der Waals surface area contributed by atoms with Gasteiger partial charge in [0.05, 0.1) is 27.9 Å². The normalized spacial score (nSPS) is 19.1. The molecule has 1 N–H and O–H groups in total. The number of carbonyl (C=O) groups is 2. The molecule has 1 aromatic rings. The molecule has 3 aliphatic rings. The van der Waals surface area contributed by atoms with E-state index in [1.807, 2.05) is 4.90 Å². The van der Waals surface area contributed by atoms with E-state index in [0.29, 0.717) is 67.8 Å². The summed E-state index contributed by atoms with van der Waals surface area (Å²) < 4.78 is 16.1. The van der Waals surface area contributed by atoms with Gasteiger partial charge in [-0.25, -0.2) is 0 Å². The Morgan fingerprint density at radius 1 is 0.970 bits per heavy atom. The predicted octanol–water partition coefficient (Wildman–Crippen LogP) is 2.17. The van der Waals surface area contributed by atoms with Crippen molar-refractivity contribution < 1.29 is 23.8 Å². The average molecular weight is 458 g/mol. The zero-order valence-corrected chi connectivity index (χ0v) is 19.8. The monoisotopic (exact) mass is 457 g/mol. The molecule has 1 aliphatic heterocycles. The summed E-state index contributed by atoms with van der Waals surface area (Å²) in [6, 6.07) is 4.00. The van der Waals surface area contributed by atoms with Crippen molar-refractivity contribution in [2.75, 3.05) is 54.1 Å². The van der Waals surface area contributed by atoms with Crippen LogP contribution in [0, 0.1) is 11.8 Å². The highest BCUT2D eigenvalue weighted by Gasteiger charge is 2.42. The number of nitrogens with zero attached hydrogens (tertiary/aromatic N) is 2. The molecule has 8 heteroatoms. The zero-order chi connectivity index (χ0) is 23.4. The van der Waals surface area contributed by atoms with Crippen molar-refractivity contribution in [3.8, 4) is 17.2 Å². The number of ether oxygens (including phenoxy) is 3. The fraction of sp³-hybridized carbons (Fsp3) is 0.600. The van der Waals surface area contributed by atoms with Crippen LogP contribution in [-0.2, 0) is 9.59 Å². The maximum Gasteiger partial charge on any atom is 0.246 e. The molecule has 180 valence electrons. The number of hydrogen-bond donors (Lipinski definition) is 1. The number of methoxy groups -OCH3 is 3. The Morgan fingerprint density at radius 2 is 1.55 bits per heavy atom. The molecule has 0 unspecified atom stereocenters. The standard InChI is InChI=1S/C25H35N3O5/c1-31-20-14-17(15-21(32-2)25(20)33-3)4-9-23(30)28-12-10-27(11-13-28)16-22(29)26-24(18-5-6-18)19-7-8-19/h4,9,14-15,18-19,24H,5-8,10-13,16H2,1-3H3,(H,26,29)/b9-4+. The number of piperazine rings is 1. The molecule has 0 atom stereocenters. The minimum atomic E-state index is -0.0459. The van der Waals surface area contributed by atoms with Crippen molar-refractivity contribution in [2.24, 2.45) is 11.8 Å². The lowest BCUT2D eigenvalue weighted by molar-refractivity contribution is -0.128. The van der Waals surface area contributed by atoms with Crippen molar-refractivity contribution >= 4 is 17.9 Å². The van der Waals surface area contributed by atoms with Crippen LogP contribution in [0.1, 0.15) is 31.2 Å². The molecule has 0 bridgehead atoms. The van der Waals surface area contributed by atoms with Gasteiger partial charge in [-0.2, -0.15) is 0 Å². The average Bonchev–Trinajstić information content (AvgIpc) is 3.74. The topological polar surface area (TPSA) is 80.3 Å². The van der Waals surface area contributed by atoms with E-state index in [9.17, 15) is 9.59 Å². The Balaban J connectivity index is 1.26. The van der Waals surface area contributed by atoms with Crippen LogP contribution >= 0.6 is 0 Å². The lowest BCUT2D eigenvalue weighted by Gasteiger charge is -2.34. The molecule has 3 fully saturated rings. The van der Waals surface area contributed by atoms with Gasteiger partial charge < -0.3 is 24.4 Å². The quantitative estimate of drug-likeness (QED) is 0.543. The highest BCUT2D eigenvalue weighted by Crippen LogP contribution is 2.44. The van der Waals surface area contributed by atoms with Crippen LogP contribution in [-0.4, -0.2) is 81.7 Å². The third-order valence-electron chi connectivity index (χ3n) is 6.74. The molecule has 0 aromatic heterocycles. The molecule has 1 heterocycles. The zero-order valence-electron chi connectivity index (χ0n) is 19.8. The summed E-state index contributed by atoms with van der Waals surface area (Å²) >= 11 is 0. The van der Waals surface area contributed by atoms with E-state index in [2.05, 4.69) is 10.2 Å². The van der Waals surface area contributed by atoms with Gasteiger partial charge in [0, 0.05) is 38.3 Å². The first-order chi connectivity index (χ1) is 16.0. The first kappa shape index (κ1) is 23.4. The fourth-order valence-corrected chi connectivity index (χ4v) is 4.56. The van der Waals surface area contributed by atoms with Gasteiger partial charge in [0.2, 0.25) is 17.6 Å². The van der Waals surface area contributed by atoms with Crippen molar-refractivity contribution in [3.05, 3.63) is 23.8 Å². The number of benzene rings is 1. The second-order valence-electron chi connectivity index (χ2n) is 9.16. The Bertz CT molecular complexity index is 849. The SMILES string of the molecule is COc1cc(/C=C/C(=O)N2CCN(CC(=O)NC(C3CC3)C3CC3)CC2)cc(OC)c1OC. The summed E-state index contributed by atoms with van der Waals surface area (Å²) in [6.45, 7) is 3.05. The van der Waals surface area contributed by atoms with E-state index >= 15 is 0 Å². The van der Waals surface area contributed by atoms with E-state index in [1.165, 1.54) is 25.7 Å². The predicted molar refractivity (Wildman–Crippen MR) is 126 cm³/mol. The van der Waals surface area contributed by atoms with Crippen LogP contribution in [0.2, 0.25) is 0 Å². The Morgan fingerprint density at radius 3 is 2.03 bits per heavy atom. The molecule has 0 spiro atoms. The minimum Gasteiger partial charge on any atom is -0.493 e. The third kappa shape index (κ3) is 5.99. The summed E-state index contributed by atoms with van der Waals surface area (Å²) in [4.78, 5) is 29.2. The van der Waals surface area contributed by atoms with Crippen molar-refractivity contribution in [2.45, 2.75) is 31.7 Å². The van der Waals surface area contributed by atoms with Crippen LogP contribution in [0.15, 0.2) is 18.2 Å². The van der Waals surface area contributed by atoms with Crippen molar-refractivity contribution in [3.63, 3.8) is 0 Å². The first-order valence-corrected chi connectivity index (χ1v) is 11.8. The largest absolute Gasteiger partial charge is 0.493 e. The minimum absolute atomic E-state index is 0.0459. The second-order valence-corrected chi connectivity index (χ2v) is 9.16. The summed E-state index contributed by atoms with van der Waals surface area (Å²) in [7, 11) is 4.68. The molecule has 1 saturated heterocycles. The van der Waals surface area contributed by atoms with Gasteiger partial charge in [0.15, 0.2) is 11.5 Å². The van der Waals surface area contributed by atoms with Crippen molar-refractivity contribution in [1.29, 1.82) is 0 Å². The first-order valence-electron chi connectivity index (χ1n) is 11.8. The van der Waals surface area contributed by atoms with Crippen LogP contribution < -0.4 is 19.5 Å². The van der Waals surface area contributed by atoms with Gasteiger partial charge in [0.25, 0.3) is 0 Å². The highest BCUT2D eigenvalue weighted by molar-refractivity contribution is 5.92. The van der Waals surface area contributed by atoms with Gasteiger partial charge >= 0.3 is 0 Å². The highest BCUT2D eigenvalue weighted by atomic mass is 16.5. The van der Waals surface area contributed by atoms with Crippen LogP contribution in [0.4, 0.5) is 0 Å². The molecule has 4 rings (SSSR count). The Labute approximate surface area is 195 Å². The maximum atomic E-state index is 12.7. The molecule has 2 amide bonds. The van der Waals surface area contributed by atoms with E-state index < -0.39 is 0 Å². The van der Waals surface area contributed by atoms with Gasteiger partial charge in [0.1, 0.15) is 0 Å². The lowest BCUT2D eigenvalue weighted by Crippen LogP contribution is -2.52. The number of amides is 2. The second kappa shape index (κ2) is 10.5. The van der Waals surface area contributed by atoms with Crippen LogP contribution in [0.5, 0.6) is 17.2 Å². The smallest absolute Gasteiger partial charge is 0.246 e. The molecule has 1 aromatic carbocycles. The molecule has 33 heavy (non-hydrogen) atoms. The Kier molecular flexibility index (Phi) is 7.42. The molecule has 0 radical (unpaired) electrons. The third-order valence-corrected chi connectivity index (χ3v) is 6.74. The summed E-state index contributed by atoms with van der Waals surface area (Å²) in [6.07, 6.45) is 8.34.